The highest BCUT2D eigenvalue weighted by Gasteiger charge is 2.34. The fourth-order valence-electron chi connectivity index (χ4n) is 2.17. The SMILES string of the molecule is CC(C)C1CCC(=O)N1OCc1ccccc1. The highest BCUT2D eigenvalue weighted by Crippen LogP contribution is 2.25. The van der Waals surface area contributed by atoms with Crippen LogP contribution >= 0.6 is 0 Å². The number of hydroxylamine groups is 2. The number of hydrogen-bond acceptors (Lipinski definition) is 2. The van der Waals surface area contributed by atoms with Gasteiger partial charge in [-0.15, -0.1) is 0 Å². The van der Waals surface area contributed by atoms with Crippen molar-refractivity contribution in [2.45, 2.75) is 39.3 Å². The van der Waals surface area contributed by atoms with Crippen LogP contribution in [0.25, 0.3) is 0 Å². The Morgan fingerprint density at radius 1 is 1.35 bits per heavy atom. The van der Waals surface area contributed by atoms with Gasteiger partial charge in [0.05, 0.1) is 6.04 Å². The topological polar surface area (TPSA) is 29.5 Å². The number of carbonyl (C=O) groups excluding carboxylic acids is 1. The Morgan fingerprint density at radius 2 is 2.06 bits per heavy atom. The first-order valence-electron chi connectivity index (χ1n) is 6.17. The monoisotopic (exact) mass is 233 g/mol. The van der Waals surface area contributed by atoms with Gasteiger partial charge in [-0.3, -0.25) is 9.63 Å². The van der Waals surface area contributed by atoms with Crippen molar-refractivity contribution in [3.05, 3.63) is 35.9 Å². The molecule has 0 saturated carbocycles. The summed E-state index contributed by atoms with van der Waals surface area (Å²) in [5.74, 6) is 0.553. The molecule has 3 nitrogen and oxygen atoms in total. The molecular formula is C14H19NO2. The molecule has 0 radical (unpaired) electrons. The van der Waals surface area contributed by atoms with Crippen molar-refractivity contribution in [3.8, 4) is 0 Å². The normalized spacial score (nSPS) is 20.3. The van der Waals surface area contributed by atoms with Gasteiger partial charge in [0.25, 0.3) is 0 Å². The minimum atomic E-state index is 0.111. The Kier molecular flexibility index (Phi) is 3.79. The maximum atomic E-state index is 11.7. The van der Waals surface area contributed by atoms with Gasteiger partial charge in [0.1, 0.15) is 6.61 Å². The molecule has 1 aromatic carbocycles. The van der Waals surface area contributed by atoms with Crippen molar-refractivity contribution in [2.24, 2.45) is 5.92 Å². The third kappa shape index (κ3) is 2.86. The van der Waals surface area contributed by atoms with Gasteiger partial charge in [-0.05, 0) is 17.9 Å². The van der Waals surface area contributed by atoms with Crippen LogP contribution in [-0.4, -0.2) is 17.0 Å². The van der Waals surface area contributed by atoms with E-state index in [-0.39, 0.29) is 11.9 Å². The number of amides is 1. The third-order valence-corrected chi connectivity index (χ3v) is 3.18. The molecule has 1 unspecified atom stereocenters. The van der Waals surface area contributed by atoms with E-state index in [4.69, 9.17) is 4.84 Å². The Morgan fingerprint density at radius 3 is 2.71 bits per heavy atom. The van der Waals surface area contributed by atoms with Gasteiger partial charge in [0.15, 0.2) is 0 Å². The second kappa shape index (κ2) is 5.32. The molecule has 2 rings (SSSR count). The van der Waals surface area contributed by atoms with Crippen LogP contribution in [0.4, 0.5) is 0 Å². The minimum Gasteiger partial charge on any atom is -0.273 e. The molecular weight excluding hydrogens is 214 g/mol. The summed E-state index contributed by atoms with van der Waals surface area (Å²) in [7, 11) is 0. The molecule has 92 valence electrons. The van der Waals surface area contributed by atoms with Crippen molar-refractivity contribution in [2.75, 3.05) is 0 Å². The van der Waals surface area contributed by atoms with E-state index in [2.05, 4.69) is 13.8 Å². The molecule has 1 aliphatic heterocycles. The quantitative estimate of drug-likeness (QED) is 0.800. The van der Waals surface area contributed by atoms with Crippen molar-refractivity contribution >= 4 is 5.91 Å². The Hall–Kier alpha value is -1.35. The van der Waals surface area contributed by atoms with E-state index < -0.39 is 0 Å². The van der Waals surface area contributed by atoms with Crippen molar-refractivity contribution in [1.29, 1.82) is 0 Å². The lowest BCUT2D eigenvalue weighted by atomic mass is 10.0. The van der Waals surface area contributed by atoms with Crippen LogP contribution in [0.2, 0.25) is 0 Å². The smallest absolute Gasteiger partial charge is 0.246 e. The van der Waals surface area contributed by atoms with Gasteiger partial charge >= 0.3 is 0 Å². The summed E-state index contributed by atoms with van der Waals surface area (Å²) in [6, 6.07) is 10.2. The molecule has 17 heavy (non-hydrogen) atoms. The molecule has 1 aliphatic rings. The summed E-state index contributed by atoms with van der Waals surface area (Å²) in [6.45, 7) is 4.72. The number of carbonyl (C=O) groups is 1. The summed E-state index contributed by atoms with van der Waals surface area (Å²) >= 11 is 0. The number of benzene rings is 1. The lowest BCUT2D eigenvalue weighted by Crippen LogP contribution is -2.36. The maximum absolute atomic E-state index is 11.7. The van der Waals surface area contributed by atoms with Crippen molar-refractivity contribution in [1.82, 2.24) is 5.06 Å². The van der Waals surface area contributed by atoms with Crippen LogP contribution in [0.15, 0.2) is 30.3 Å². The maximum Gasteiger partial charge on any atom is 0.246 e. The largest absolute Gasteiger partial charge is 0.273 e. The molecule has 1 fully saturated rings. The molecule has 1 aromatic rings. The predicted molar refractivity (Wildman–Crippen MR) is 65.9 cm³/mol. The van der Waals surface area contributed by atoms with E-state index in [9.17, 15) is 4.79 Å². The predicted octanol–water partition coefficient (Wildman–Crippen LogP) is 2.77. The van der Waals surface area contributed by atoms with E-state index in [0.717, 1.165) is 12.0 Å². The summed E-state index contributed by atoms with van der Waals surface area (Å²) in [5, 5.41) is 1.58. The van der Waals surface area contributed by atoms with Crippen molar-refractivity contribution in [3.63, 3.8) is 0 Å². The summed E-state index contributed by atoms with van der Waals surface area (Å²) in [6.07, 6.45) is 1.52. The lowest BCUT2D eigenvalue weighted by molar-refractivity contribution is -0.199. The van der Waals surface area contributed by atoms with Crippen LogP contribution in [0.3, 0.4) is 0 Å². The van der Waals surface area contributed by atoms with E-state index in [1.54, 1.807) is 5.06 Å². The molecule has 0 bridgehead atoms. The van der Waals surface area contributed by atoms with Crippen LogP contribution in [0, 0.1) is 5.92 Å². The Bertz CT molecular complexity index is 375. The number of nitrogens with zero attached hydrogens (tertiary/aromatic N) is 1. The van der Waals surface area contributed by atoms with Gasteiger partial charge < -0.3 is 0 Å². The van der Waals surface area contributed by atoms with E-state index in [1.807, 2.05) is 30.3 Å². The first-order valence-corrected chi connectivity index (χ1v) is 6.17. The first-order chi connectivity index (χ1) is 8.18. The van der Waals surface area contributed by atoms with E-state index in [0.29, 0.717) is 18.9 Å². The zero-order valence-electron chi connectivity index (χ0n) is 10.4. The summed E-state index contributed by atoms with van der Waals surface area (Å²) < 4.78 is 0. The molecule has 1 saturated heterocycles. The van der Waals surface area contributed by atoms with Crippen LogP contribution in [0.5, 0.6) is 0 Å². The van der Waals surface area contributed by atoms with E-state index >= 15 is 0 Å². The average molecular weight is 233 g/mol. The number of hydrogen-bond donors (Lipinski definition) is 0. The van der Waals surface area contributed by atoms with Crippen LogP contribution in [-0.2, 0) is 16.2 Å². The molecule has 1 amide bonds. The van der Waals surface area contributed by atoms with Gasteiger partial charge in [0.2, 0.25) is 5.91 Å². The van der Waals surface area contributed by atoms with E-state index in [1.165, 1.54) is 0 Å². The van der Waals surface area contributed by atoms with Gasteiger partial charge in [-0.1, -0.05) is 44.2 Å². The van der Waals surface area contributed by atoms with Crippen molar-refractivity contribution < 1.29 is 9.63 Å². The summed E-state index contributed by atoms with van der Waals surface area (Å²) in [4.78, 5) is 17.4. The average Bonchev–Trinajstić information content (AvgIpc) is 2.69. The standard InChI is InChI=1S/C14H19NO2/c1-11(2)13-8-9-14(16)15(13)17-10-12-6-4-3-5-7-12/h3-7,11,13H,8-10H2,1-2H3. The van der Waals surface area contributed by atoms with Gasteiger partial charge in [-0.25, -0.2) is 5.06 Å². The fourth-order valence-corrected chi connectivity index (χ4v) is 2.17. The second-order valence-electron chi connectivity index (χ2n) is 4.83. The Balaban J connectivity index is 1.95. The first kappa shape index (κ1) is 12.1. The molecule has 0 spiro atoms. The molecule has 1 heterocycles. The third-order valence-electron chi connectivity index (χ3n) is 3.18. The van der Waals surface area contributed by atoms with Crippen LogP contribution < -0.4 is 0 Å². The molecule has 1 atom stereocenters. The van der Waals surface area contributed by atoms with Gasteiger partial charge in [0, 0.05) is 6.42 Å². The zero-order chi connectivity index (χ0) is 12.3. The lowest BCUT2D eigenvalue weighted by Gasteiger charge is -2.26. The Labute approximate surface area is 102 Å². The van der Waals surface area contributed by atoms with Crippen LogP contribution in [0.1, 0.15) is 32.3 Å². The van der Waals surface area contributed by atoms with Gasteiger partial charge in [-0.2, -0.15) is 0 Å². The number of rotatable bonds is 4. The molecule has 0 aromatic heterocycles. The molecule has 3 heteroatoms. The molecule has 0 aliphatic carbocycles. The highest BCUT2D eigenvalue weighted by atomic mass is 16.7. The minimum absolute atomic E-state index is 0.111. The fraction of sp³-hybridized carbons (Fsp3) is 0.500. The highest BCUT2D eigenvalue weighted by molar-refractivity contribution is 5.77. The second-order valence-corrected chi connectivity index (χ2v) is 4.83. The molecule has 0 N–H and O–H groups in total. The summed E-state index contributed by atoms with van der Waals surface area (Å²) in [5.41, 5.74) is 1.09. The zero-order valence-corrected chi connectivity index (χ0v) is 10.4.